The molecule has 15 heavy (non-hydrogen) atoms. The van der Waals surface area contributed by atoms with Gasteiger partial charge in [0, 0.05) is 18.6 Å². The van der Waals surface area contributed by atoms with Crippen LogP contribution in [-0.2, 0) is 10.2 Å². The van der Waals surface area contributed by atoms with E-state index in [4.69, 9.17) is 5.73 Å². The van der Waals surface area contributed by atoms with E-state index in [-0.39, 0.29) is 0 Å². The Hall–Kier alpha value is -0.170. The predicted octanol–water partition coefficient (Wildman–Crippen LogP) is 0.0919. The molecule has 1 aliphatic carbocycles. The first kappa shape index (κ1) is 12.9. The smallest absolute Gasteiger partial charge is 0.277 e. The zero-order valence-corrected chi connectivity index (χ0v) is 10.1. The highest BCUT2D eigenvalue weighted by atomic mass is 32.2. The molecule has 0 radical (unpaired) electrons. The SMILES string of the molecule is CCNS(=O)(=O)NC1(CN)CCCCC1. The van der Waals surface area contributed by atoms with Gasteiger partial charge in [-0.3, -0.25) is 0 Å². The largest absolute Gasteiger partial charge is 0.329 e. The highest BCUT2D eigenvalue weighted by Gasteiger charge is 2.34. The Morgan fingerprint density at radius 3 is 2.33 bits per heavy atom. The van der Waals surface area contributed by atoms with Gasteiger partial charge in [0.1, 0.15) is 0 Å². The molecule has 1 aliphatic rings. The van der Waals surface area contributed by atoms with Gasteiger partial charge < -0.3 is 5.73 Å². The van der Waals surface area contributed by atoms with E-state index in [9.17, 15) is 8.42 Å². The van der Waals surface area contributed by atoms with Crippen molar-refractivity contribution in [2.45, 2.75) is 44.6 Å². The standard InChI is InChI=1S/C9H21N3O2S/c1-2-11-15(13,14)12-9(8-10)6-4-3-5-7-9/h11-12H,2-8,10H2,1H3. The minimum atomic E-state index is -3.38. The summed E-state index contributed by atoms with van der Waals surface area (Å²) in [6, 6.07) is 0. The van der Waals surface area contributed by atoms with E-state index in [1.807, 2.05) is 0 Å². The molecule has 90 valence electrons. The maximum Gasteiger partial charge on any atom is 0.277 e. The molecule has 0 aromatic carbocycles. The third-order valence-corrected chi connectivity index (χ3v) is 4.26. The van der Waals surface area contributed by atoms with Crippen LogP contribution >= 0.6 is 0 Å². The molecule has 6 heteroatoms. The molecular weight excluding hydrogens is 214 g/mol. The normalized spacial score (nSPS) is 21.5. The second-order valence-corrected chi connectivity index (χ2v) is 5.65. The summed E-state index contributed by atoms with van der Waals surface area (Å²) in [6.45, 7) is 2.53. The fourth-order valence-corrected chi connectivity index (χ4v) is 3.40. The Morgan fingerprint density at radius 2 is 1.87 bits per heavy atom. The highest BCUT2D eigenvalue weighted by Crippen LogP contribution is 2.27. The van der Waals surface area contributed by atoms with Gasteiger partial charge in [-0.15, -0.1) is 0 Å². The molecule has 1 fully saturated rings. The van der Waals surface area contributed by atoms with Crippen LogP contribution in [0.25, 0.3) is 0 Å². The van der Waals surface area contributed by atoms with Crippen molar-refractivity contribution in [2.24, 2.45) is 5.73 Å². The third-order valence-electron chi connectivity index (χ3n) is 2.89. The minimum absolute atomic E-state index is 0.373. The minimum Gasteiger partial charge on any atom is -0.329 e. The second kappa shape index (κ2) is 5.25. The van der Waals surface area contributed by atoms with Crippen molar-refractivity contribution in [3.05, 3.63) is 0 Å². The molecule has 0 aliphatic heterocycles. The lowest BCUT2D eigenvalue weighted by Gasteiger charge is -2.36. The number of nitrogens with one attached hydrogen (secondary N) is 2. The molecule has 0 atom stereocenters. The Morgan fingerprint density at radius 1 is 1.27 bits per heavy atom. The van der Waals surface area contributed by atoms with Gasteiger partial charge in [-0.25, -0.2) is 4.72 Å². The predicted molar refractivity (Wildman–Crippen MR) is 60.6 cm³/mol. The van der Waals surface area contributed by atoms with Crippen LogP contribution in [0.2, 0.25) is 0 Å². The number of hydrogen-bond donors (Lipinski definition) is 3. The van der Waals surface area contributed by atoms with Crippen LogP contribution in [0.15, 0.2) is 0 Å². The van der Waals surface area contributed by atoms with Crippen LogP contribution in [0.5, 0.6) is 0 Å². The van der Waals surface area contributed by atoms with Gasteiger partial charge in [-0.2, -0.15) is 13.1 Å². The summed E-state index contributed by atoms with van der Waals surface area (Å²) in [6.07, 6.45) is 4.95. The zero-order valence-electron chi connectivity index (χ0n) is 9.25. The lowest BCUT2D eigenvalue weighted by molar-refractivity contribution is 0.275. The van der Waals surface area contributed by atoms with Crippen LogP contribution in [0.1, 0.15) is 39.0 Å². The molecule has 4 N–H and O–H groups in total. The van der Waals surface area contributed by atoms with E-state index in [1.165, 1.54) is 6.42 Å². The molecule has 0 amide bonds. The quantitative estimate of drug-likeness (QED) is 0.631. The number of rotatable bonds is 5. The lowest BCUT2D eigenvalue weighted by Crippen LogP contribution is -2.57. The Labute approximate surface area is 92.0 Å². The van der Waals surface area contributed by atoms with Gasteiger partial charge in [0.2, 0.25) is 0 Å². The molecule has 0 aromatic rings. The summed E-state index contributed by atoms with van der Waals surface area (Å²) in [5.41, 5.74) is 5.27. The average Bonchev–Trinajstić information content (AvgIpc) is 2.18. The number of nitrogens with two attached hydrogens (primary N) is 1. The van der Waals surface area contributed by atoms with Crippen molar-refractivity contribution < 1.29 is 8.42 Å². The van der Waals surface area contributed by atoms with E-state index in [2.05, 4.69) is 9.44 Å². The fraction of sp³-hybridized carbons (Fsp3) is 1.00. The van der Waals surface area contributed by atoms with Crippen molar-refractivity contribution in [1.29, 1.82) is 0 Å². The van der Waals surface area contributed by atoms with Gasteiger partial charge in [0.25, 0.3) is 10.2 Å². The molecule has 0 saturated heterocycles. The van der Waals surface area contributed by atoms with Crippen LogP contribution in [0.4, 0.5) is 0 Å². The highest BCUT2D eigenvalue weighted by molar-refractivity contribution is 7.87. The molecule has 0 bridgehead atoms. The first-order valence-corrected chi connectivity index (χ1v) is 7.00. The van der Waals surface area contributed by atoms with E-state index in [0.717, 1.165) is 25.7 Å². The van der Waals surface area contributed by atoms with Gasteiger partial charge in [0.05, 0.1) is 0 Å². The second-order valence-electron chi connectivity index (χ2n) is 4.15. The van der Waals surface area contributed by atoms with Crippen molar-refractivity contribution in [3.63, 3.8) is 0 Å². The molecule has 0 spiro atoms. The summed E-state index contributed by atoms with van der Waals surface area (Å²) in [7, 11) is -3.38. The average molecular weight is 235 g/mol. The third kappa shape index (κ3) is 3.71. The Kier molecular flexibility index (Phi) is 4.51. The summed E-state index contributed by atoms with van der Waals surface area (Å²) < 4.78 is 28.3. The van der Waals surface area contributed by atoms with Gasteiger partial charge in [-0.1, -0.05) is 26.2 Å². The van der Waals surface area contributed by atoms with Crippen molar-refractivity contribution in [3.8, 4) is 0 Å². The maximum atomic E-state index is 11.6. The van der Waals surface area contributed by atoms with Gasteiger partial charge in [0.15, 0.2) is 0 Å². The van der Waals surface area contributed by atoms with Crippen molar-refractivity contribution >= 4 is 10.2 Å². The van der Waals surface area contributed by atoms with Crippen LogP contribution in [0, 0.1) is 0 Å². The molecule has 0 heterocycles. The first-order valence-electron chi connectivity index (χ1n) is 5.52. The summed E-state index contributed by atoms with van der Waals surface area (Å²) >= 11 is 0. The zero-order chi connectivity index (χ0) is 11.4. The number of hydrogen-bond acceptors (Lipinski definition) is 3. The van der Waals surface area contributed by atoms with E-state index in [1.54, 1.807) is 6.92 Å². The molecule has 1 rings (SSSR count). The van der Waals surface area contributed by atoms with Crippen molar-refractivity contribution in [2.75, 3.05) is 13.1 Å². The van der Waals surface area contributed by atoms with Gasteiger partial charge in [-0.05, 0) is 12.8 Å². The molecule has 0 aromatic heterocycles. The van der Waals surface area contributed by atoms with Crippen LogP contribution < -0.4 is 15.2 Å². The lowest BCUT2D eigenvalue weighted by atomic mass is 9.83. The van der Waals surface area contributed by atoms with Crippen LogP contribution in [0.3, 0.4) is 0 Å². The first-order chi connectivity index (χ1) is 7.04. The molecule has 5 nitrogen and oxygen atoms in total. The molecule has 1 saturated carbocycles. The Bertz CT molecular complexity index is 284. The van der Waals surface area contributed by atoms with E-state index in [0.29, 0.717) is 13.1 Å². The molecular formula is C9H21N3O2S. The molecule has 0 unspecified atom stereocenters. The summed E-state index contributed by atoms with van der Waals surface area (Å²) in [5.74, 6) is 0. The van der Waals surface area contributed by atoms with Crippen molar-refractivity contribution in [1.82, 2.24) is 9.44 Å². The summed E-state index contributed by atoms with van der Waals surface area (Å²) in [5, 5.41) is 0. The maximum absolute atomic E-state index is 11.6. The van der Waals surface area contributed by atoms with Gasteiger partial charge >= 0.3 is 0 Å². The van der Waals surface area contributed by atoms with E-state index < -0.39 is 15.7 Å². The Balaban J connectivity index is 2.66. The van der Waals surface area contributed by atoms with Crippen LogP contribution in [-0.4, -0.2) is 27.0 Å². The monoisotopic (exact) mass is 235 g/mol. The summed E-state index contributed by atoms with van der Waals surface area (Å²) in [4.78, 5) is 0. The fourth-order valence-electron chi connectivity index (χ4n) is 2.09. The topological polar surface area (TPSA) is 84.2 Å². The van der Waals surface area contributed by atoms with E-state index >= 15 is 0 Å².